The van der Waals surface area contributed by atoms with Crippen molar-refractivity contribution in [1.29, 1.82) is 0 Å². The molecule has 0 atom stereocenters. The number of halogens is 2. The van der Waals surface area contributed by atoms with Crippen LogP contribution in [0.2, 0.25) is 5.02 Å². The molecule has 0 aromatic heterocycles. The predicted molar refractivity (Wildman–Crippen MR) is 56.0 cm³/mol. The maximum absolute atomic E-state index is 13.1. The van der Waals surface area contributed by atoms with Crippen molar-refractivity contribution in [2.45, 2.75) is 19.3 Å². The van der Waals surface area contributed by atoms with Gasteiger partial charge in [0.15, 0.2) is 0 Å². The number of hydrogen-bond donors (Lipinski definition) is 1. The molecule has 0 saturated heterocycles. The molecule has 1 saturated carbocycles. The molecular weight excluding hydrogens is 217 g/mol. The lowest BCUT2D eigenvalue weighted by Crippen LogP contribution is -2.26. The fourth-order valence-electron chi connectivity index (χ4n) is 1.71. The first-order valence-corrected chi connectivity index (χ1v) is 5.16. The van der Waals surface area contributed by atoms with Crippen molar-refractivity contribution in [3.05, 3.63) is 34.6 Å². The third-order valence-corrected chi connectivity index (χ3v) is 3.36. The van der Waals surface area contributed by atoms with E-state index in [0.717, 1.165) is 12.8 Å². The minimum Gasteiger partial charge on any atom is -0.369 e. The van der Waals surface area contributed by atoms with Gasteiger partial charge in [0.05, 0.1) is 10.4 Å². The molecule has 2 nitrogen and oxygen atoms in total. The molecule has 2 N–H and O–H groups in total. The van der Waals surface area contributed by atoms with Gasteiger partial charge in [-0.2, -0.15) is 0 Å². The van der Waals surface area contributed by atoms with Crippen LogP contribution in [-0.2, 0) is 11.2 Å². The van der Waals surface area contributed by atoms with E-state index in [1.54, 1.807) is 12.1 Å². The Labute approximate surface area is 92.2 Å². The zero-order valence-electron chi connectivity index (χ0n) is 8.09. The average Bonchev–Trinajstić information content (AvgIpc) is 2.94. The Morgan fingerprint density at radius 2 is 2.20 bits per heavy atom. The van der Waals surface area contributed by atoms with E-state index >= 15 is 0 Å². The van der Waals surface area contributed by atoms with E-state index in [1.165, 1.54) is 6.07 Å². The van der Waals surface area contributed by atoms with Gasteiger partial charge in [0, 0.05) is 0 Å². The molecule has 0 radical (unpaired) electrons. The Balaban J connectivity index is 2.25. The lowest BCUT2D eigenvalue weighted by molar-refractivity contribution is -0.123. The number of primary amides is 1. The topological polar surface area (TPSA) is 43.1 Å². The van der Waals surface area contributed by atoms with Crippen LogP contribution in [0.5, 0.6) is 0 Å². The van der Waals surface area contributed by atoms with E-state index in [9.17, 15) is 9.18 Å². The van der Waals surface area contributed by atoms with Crippen LogP contribution in [0.1, 0.15) is 18.4 Å². The predicted octanol–water partition coefficient (Wildman–Crippen LogP) is 2.29. The molecule has 1 aliphatic carbocycles. The van der Waals surface area contributed by atoms with E-state index < -0.39 is 11.2 Å². The second-order valence-corrected chi connectivity index (χ2v) is 4.41. The Hall–Kier alpha value is -1.09. The Kier molecular flexibility index (Phi) is 2.43. The summed E-state index contributed by atoms with van der Waals surface area (Å²) in [6, 6.07) is 4.62. The van der Waals surface area contributed by atoms with Gasteiger partial charge in [-0.25, -0.2) is 4.39 Å². The molecule has 0 bridgehead atoms. The number of nitrogens with two attached hydrogens (primary N) is 1. The zero-order chi connectivity index (χ0) is 11.1. The quantitative estimate of drug-likeness (QED) is 0.846. The van der Waals surface area contributed by atoms with Crippen LogP contribution in [0.15, 0.2) is 18.2 Å². The van der Waals surface area contributed by atoms with Gasteiger partial charge in [0.2, 0.25) is 5.91 Å². The summed E-state index contributed by atoms with van der Waals surface area (Å²) in [7, 11) is 0. The van der Waals surface area contributed by atoms with Crippen molar-refractivity contribution in [2.75, 3.05) is 0 Å². The summed E-state index contributed by atoms with van der Waals surface area (Å²) >= 11 is 5.80. The van der Waals surface area contributed by atoms with Gasteiger partial charge >= 0.3 is 0 Å². The highest BCUT2D eigenvalue weighted by Crippen LogP contribution is 2.48. The van der Waals surface area contributed by atoms with Gasteiger partial charge in [0.1, 0.15) is 5.82 Å². The van der Waals surface area contributed by atoms with Crippen molar-refractivity contribution in [1.82, 2.24) is 0 Å². The summed E-state index contributed by atoms with van der Waals surface area (Å²) in [5, 5.41) is 0.102. The first kappa shape index (κ1) is 10.4. The molecule has 15 heavy (non-hydrogen) atoms. The third kappa shape index (κ3) is 1.84. The molecule has 4 heteroatoms. The first-order chi connectivity index (χ1) is 7.05. The van der Waals surface area contributed by atoms with Gasteiger partial charge in [-0.1, -0.05) is 23.7 Å². The van der Waals surface area contributed by atoms with Crippen LogP contribution in [0, 0.1) is 11.2 Å². The number of benzene rings is 1. The summed E-state index contributed by atoms with van der Waals surface area (Å²) in [4.78, 5) is 11.2. The molecule has 1 amide bonds. The molecule has 80 valence electrons. The van der Waals surface area contributed by atoms with Crippen LogP contribution in [0.3, 0.4) is 0 Å². The van der Waals surface area contributed by atoms with Crippen molar-refractivity contribution >= 4 is 17.5 Å². The summed E-state index contributed by atoms with van der Waals surface area (Å²) < 4.78 is 13.1. The smallest absolute Gasteiger partial charge is 0.223 e. The summed E-state index contributed by atoms with van der Waals surface area (Å²) in [6.07, 6.45) is 1.99. The first-order valence-electron chi connectivity index (χ1n) is 4.78. The number of carbonyl (C=O) groups excluding carboxylic acids is 1. The van der Waals surface area contributed by atoms with Crippen LogP contribution in [0.25, 0.3) is 0 Å². The average molecular weight is 228 g/mol. The molecule has 0 heterocycles. The van der Waals surface area contributed by atoms with Gasteiger partial charge in [-0.15, -0.1) is 0 Å². The van der Waals surface area contributed by atoms with Gasteiger partial charge in [-0.3, -0.25) is 4.79 Å². The van der Waals surface area contributed by atoms with Gasteiger partial charge < -0.3 is 5.73 Å². The number of amides is 1. The highest BCUT2D eigenvalue weighted by atomic mass is 35.5. The Bertz CT molecular complexity index is 415. The Morgan fingerprint density at radius 3 is 2.73 bits per heavy atom. The second-order valence-electron chi connectivity index (χ2n) is 4.03. The molecule has 1 aliphatic rings. The molecule has 0 aliphatic heterocycles. The van der Waals surface area contributed by atoms with Crippen molar-refractivity contribution in [3.8, 4) is 0 Å². The number of carbonyl (C=O) groups is 1. The Morgan fingerprint density at radius 1 is 1.53 bits per heavy atom. The summed E-state index contributed by atoms with van der Waals surface area (Å²) in [6.45, 7) is 0. The van der Waals surface area contributed by atoms with E-state index in [1.807, 2.05) is 0 Å². The largest absolute Gasteiger partial charge is 0.369 e. The minimum atomic E-state index is -0.475. The van der Waals surface area contributed by atoms with E-state index in [0.29, 0.717) is 12.0 Å². The van der Waals surface area contributed by atoms with E-state index in [4.69, 9.17) is 17.3 Å². The maximum atomic E-state index is 13.1. The van der Waals surface area contributed by atoms with Gasteiger partial charge in [-0.05, 0) is 30.9 Å². The summed E-state index contributed by atoms with van der Waals surface area (Å²) in [5.41, 5.74) is 5.48. The van der Waals surface area contributed by atoms with Gasteiger partial charge in [0.25, 0.3) is 0 Å². The number of rotatable bonds is 3. The van der Waals surface area contributed by atoms with Crippen molar-refractivity contribution in [3.63, 3.8) is 0 Å². The molecule has 1 aromatic carbocycles. The zero-order valence-corrected chi connectivity index (χ0v) is 8.85. The highest BCUT2D eigenvalue weighted by molar-refractivity contribution is 6.31. The standard InChI is InChI=1S/C11H11ClFNO/c12-9-7(2-1-3-8(9)13)6-11(4-5-11)10(14)15/h1-3H,4-6H2,(H2,14,15). The lowest BCUT2D eigenvalue weighted by atomic mass is 9.96. The molecule has 0 spiro atoms. The second kappa shape index (κ2) is 3.49. The van der Waals surface area contributed by atoms with Crippen LogP contribution >= 0.6 is 11.6 Å². The van der Waals surface area contributed by atoms with E-state index in [-0.39, 0.29) is 10.9 Å². The van der Waals surface area contributed by atoms with E-state index in [2.05, 4.69) is 0 Å². The highest BCUT2D eigenvalue weighted by Gasteiger charge is 2.48. The maximum Gasteiger partial charge on any atom is 0.223 e. The third-order valence-electron chi connectivity index (χ3n) is 2.94. The fraction of sp³-hybridized carbons (Fsp3) is 0.364. The molecule has 0 unspecified atom stereocenters. The van der Waals surface area contributed by atoms with Crippen molar-refractivity contribution < 1.29 is 9.18 Å². The normalized spacial score (nSPS) is 17.5. The minimum absolute atomic E-state index is 0.102. The molecular formula is C11H11ClFNO. The molecule has 1 aromatic rings. The monoisotopic (exact) mass is 227 g/mol. The van der Waals surface area contributed by atoms with Crippen LogP contribution in [-0.4, -0.2) is 5.91 Å². The summed E-state index contributed by atoms with van der Waals surface area (Å²) in [5.74, 6) is -0.766. The SMILES string of the molecule is NC(=O)C1(Cc2cccc(F)c2Cl)CC1. The fourth-order valence-corrected chi connectivity index (χ4v) is 1.90. The molecule has 2 rings (SSSR count). The van der Waals surface area contributed by atoms with Crippen molar-refractivity contribution in [2.24, 2.45) is 11.1 Å². The molecule has 1 fully saturated rings. The van der Waals surface area contributed by atoms with Crippen LogP contribution in [0.4, 0.5) is 4.39 Å². The van der Waals surface area contributed by atoms with Crippen LogP contribution < -0.4 is 5.73 Å². The number of hydrogen-bond acceptors (Lipinski definition) is 1. The lowest BCUT2D eigenvalue weighted by Gasteiger charge is -2.11.